The molecule has 158 valence electrons. The van der Waals surface area contributed by atoms with Crippen molar-refractivity contribution in [2.24, 2.45) is 0 Å². The van der Waals surface area contributed by atoms with E-state index in [2.05, 4.69) is 5.32 Å². The molecule has 0 radical (unpaired) electrons. The second-order valence-corrected chi connectivity index (χ2v) is 7.49. The van der Waals surface area contributed by atoms with Crippen molar-refractivity contribution in [3.63, 3.8) is 0 Å². The van der Waals surface area contributed by atoms with Crippen molar-refractivity contribution >= 4 is 15.9 Å². The van der Waals surface area contributed by atoms with Crippen molar-refractivity contribution in [3.8, 4) is 11.5 Å². The molecule has 1 amide bonds. The Kier molecular flexibility index (Phi) is 7.46. The van der Waals surface area contributed by atoms with Gasteiger partial charge >= 0.3 is 6.18 Å². The normalized spacial score (nSPS) is 11.7. The Bertz CT molecular complexity index is 949. The third-order valence-electron chi connectivity index (χ3n) is 3.63. The number of methoxy groups -OCH3 is 1. The van der Waals surface area contributed by atoms with Crippen LogP contribution in [0.4, 0.5) is 13.2 Å². The van der Waals surface area contributed by atoms with Gasteiger partial charge in [-0.1, -0.05) is 12.1 Å². The predicted octanol–water partition coefficient (Wildman–Crippen LogP) is 2.19. The van der Waals surface area contributed by atoms with E-state index >= 15 is 0 Å². The molecular weight excluding hydrogens is 413 g/mol. The number of carbonyl (C=O) groups excluding carboxylic acids is 1. The molecule has 0 saturated heterocycles. The van der Waals surface area contributed by atoms with Gasteiger partial charge in [0.2, 0.25) is 15.9 Å². The molecule has 2 rings (SSSR count). The Morgan fingerprint density at radius 2 is 1.76 bits per heavy atom. The largest absolute Gasteiger partial charge is 0.497 e. The highest BCUT2D eigenvalue weighted by Crippen LogP contribution is 2.30. The lowest BCUT2D eigenvalue weighted by atomic mass is 10.2. The number of hydrogen-bond donors (Lipinski definition) is 2. The van der Waals surface area contributed by atoms with E-state index in [4.69, 9.17) is 9.47 Å². The van der Waals surface area contributed by atoms with Gasteiger partial charge in [-0.2, -0.15) is 13.2 Å². The van der Waals surface area contributed by atoms with Gasteiger partial charge in [-0.3, -0.25) is 4.79 Å². The second-order valence-electron chi connectivity index (χ2n) is 5.73. The van der Waals surface area contributed by atoms with Crippen LogP contribution in [0.25, 0.3) is 0 Å². The number of carbonyl (C=O) groups is 1. The van der Waals surface area contributed by atoms with Gasteiger partial charge < -0.3 is 14.8 Å². The predicted molar refractivity (Wildman–Crippen MR) is 98.1 cm³/mol. The second kappa shape index (κ2) is 9.61. The van der Waals surface area contributed by atoms with Gasteiger partial charge in [0.05, 0.1) is 30.7 Å². The van der Waals surface area contributed by atoms with E-state index in [0.29, 0.717) is 17.6 Å². The summed E-state index contributed by atoms with van der Waals surface area (Å²) in [6, 6.07) is 10.1. The number of rotatable bonds is 9. The van der Waals surface area contributed by atoms with E-state index in [-0.39, 0.29) is 13.2 Å². The monoisotopic (exact) mass is 432 g/mol. The van der Waals surface area contributed by atoms with E-state index in [0.717, 1.165) is 18.2 Å². The zero-order valence-electron chi connectivity index (χ0n) is 15.3. The van der Waals surface area contributed by atoms with Crippen LogP contribution in [0.1, 0.15) is 5.56 Å². The quantitative estimate of drug-likeness (QED) is 0.593. The van der Waals surface area contributed by atoms with Crippen molar-refractivity contribution in [3.05, 3.63) is 54.1 Å². The van der Waals surface area contributed by atoms with Crippen molar-refractivity contribution in [1.82, 2.24) is 10.0 Å². The number of amides is 1. The first-order valence-corrected chi connectivity index (χ1v) is 9.80. The van der Waals surface area contributed by atoms with Crippen molar-refractivity contribution in [1.29, 1.82) is 0 Å². The van der Waals surface area contributed by atoms with Gasteiger partial charge in [-0.15, -0.1) is 0 Å². The Balaban J connectivity index is 1.80. The highest BCUT2D eigenvalue weighted by atomic mass is 32.2. The molecule has 0 aromatic heterocycles. The van der Waals surface area contributed by atoms with E-state index in [1.54, 1.807) is 24.3 Å². The lowest BCUT2D eigenvalue weighted by Gasteiger charge is -2.11. The number of sulfonamides is 1. The number of alkyl halides is 3. The minimum Gasteiger partial charge on any atom is -0.497 e. The maximum atomic E-state index is 12.7. The molecule has 0 spiro atoms. The molecule has 2 N–H and O–H groups in total. The van der Waals surface area contributed by atoms with Gasteiger partial charge in [0.25, 0.3) is 0 Å². The Morgan fingerprint density at radius 1 is 1.07 bits per heavy atom. The zero-order chi connectivity index (χ0) is 21.5. The Hall–Kier alpha value is -2.79. The van der Waals surface area contributed by atoms with E-state index in [9.17, 15) is 26.4 Å². The fraction of sp³-hybridized carbons (Fsp3) is 0.278. The van der Waals surface area contributed by atoms with Gasteiger partial charge in [-0.25, -0.2) is 13.1 Å². The first-order chi connectivity index (χ1) is 13.6. The standard InChI is InChI=1S/C18H19F3N2O5S/c1-27-14-5-3-6-15(11-14)28-9-8-22-17(24)12-23-29(25,26)16-7-2-4-13(10-16)18(19,20)21/h2-7,10-11,23H,8-9,12H2,1H3,(H,22,24). The fourth-order valence-electron chi connectivity index (χ4n) is 2.20. The first-order valence-electron chi connectivity index (χ1n) is 8.32. The van der Waals surface area contributed by atoms with Crippen LogP contribution in [0, 0.1) is 0 Å². The molecule has 11 heteroatoms. The minimum absolute atomic E-state index is 0.0985. The molecule has 0 atom stereocenters. The molecule has 0 unspecified atom stereocenters. The molecule has 0 bridgehead atoms. The molecule has 2 aromatic rings. The first kappa shape index (κ1) is 22.5. The summed E-state index contributed by atoms with van der Waals surface area (Å²) < 4.78 is 74.8. The average Bonchev–Trinajstić information content (AvgIpc) is 2.69. The number of nitrogens with one attached hydrogen (secondary N) is 2. The summed E-state index contributed by atoms with van der Waals surface area (Å²) in [6.07, 6.45) is -4.67. The van der Waals surface area contributed by atoms with Crippen LogP contribution in [-0.2, 0) is 21.0 Å². The van der Waals surface area contributed by atoms with E-state index in [1.165, 1.54) is 7.11 Å². The van der Waals surface area contributed by atoms with Gasteiger partial charge in [0.1, 0.15) is 18.1 Å². The number of halogens is 3. The van der Waals surface area contributed by atoms with E-state index < -0.39 is 39.1 Å². The van der Waals surface area contributed by atoms with Crippen molar-refractivity contribution in [2.45, 2.75) is 11.1 Å². The zero-order valence-corrected chi connectivity index (χ0v) is 16.1. The molecule has 0 aliphatic heterocycles. The maximum Gasteiger partial charge on any atom is 0.416 e. The molecule has 0 heterocycles. The number of hydrogen-bond acceptors (Lipinski definition) is 5. The fourth-order valence-corrected chi connectivity index (χ4v) is 3.22. The SMILES string of the molecule is COc1cccc(OCCNC(=O)CNS(=O)(=O)c2cccc(C(F)(F)F)c2)c1. The van der Waals surface area contributed by atoms with Crippen LogP contribution in [0.3, 0.4) is 0 Å². The third kappa shape index (κ3) is 6.95. The van der Waals surface area contributed by atoms with Crippen LogP contribution < -0.4 is 19.5 Å². The highest BCUT2D eigenvalue weighted by molar-refractivity contribution is 7.89. The average molecular weight is 432 g/mol. The topological polar surface area (TPSA) is 93.7 Å². The third-order valence-corrected chi connectivity index (χ3v) is 5.03. The van der Waals surface area contributed by atoms with Crippen molar-refractivity contribution in [2.75, 3.05) is 26.8 Å². The summed E-state index contributed by atoms with van der Waals surface area (Å²) >= 11 is 0. The van der Waals surface area contributed by atoms with Gasteiger partial charge in [0.15, 0.2) is 0 Å². The van der Waals surface area contributed by atoms with Crippen LogP contribution in [0.2, 0.25) is 0 Å². The Morgan fingerprint density at radius 3 is 2.45 bits per heavy atom. The smallest absolute Gasteiger partial charge is 0.416 e. The number of ether oxygens (including phenoxy) is 2. The maximum absolute atomic E-state index is 12.7. The molecule has 7 nitrogen and oxygen atoms in total. The van der Waals surface area contributed by atoms with Crippen LogP contribution in [0.5, 0.6) is 11.5 Å². The summed E-state index contributed by atoms with van der Waals surface area (Å²) in [7, 11) is -2.76. The van der Waals surface area contributed by atoms with Gasteiger partial charge in [-0.05, 0) is 30.3 Å². The summed E-state index contributed by atoms with van der Waals surface area (Å²) in [6.45, 7) is -0.404. The summed E-state index contributed by atoms with van der Waals surface area (Å²) in [4.78, 5) is 11.2. The lowest BCUT2D eigenvalue weighted by molar-refractivity contribution is -0.137. The summed E-state index contributed by atoms with van der Waals surface area (Å²) in [5, 5.41) is 2.44. The molecule has 29 heavy (non-hydrogen) atoms. The van der Waals surface area contributed by atoms with E-state index in [1.807, 2.05) is 4.72 Å². The molecule has 0 fully saturated rings. The van der Waals surface area contributed by atoms with Crippen LogP contribution in [0.15, 0.2) is 53.4 Å². The van der Waals surface area contributed by atoms with Crippen LogP contribution in [-0.4, -0.2) is 41.1 Å². The highest BCUT2D eigenvalue weighted by Gasteiger charge is 2.31. The summed E-state index contributed by atoms with van der Waals surface area (Å²) in [5.74, 6) is 0.481. The molecule has 0 aliphatic carbocycles. The summed E-state index contributed by atoms with van der Waals surface area (Å²) in [5.41, 5.74) is -1.10. The molecular formula is C18H19F3N2O5S. The Labute approximate surface area is 165 Å². The molecule has 0 saturated carbocycles. The van der Waals surface area contributed by atoms with Crippen LogP contribution >= 0.6 is 0 Å². The van der Waals surface area contributed by atoms with Gasteiger partial charge in [0, 0.05) is 6.07 Å². The minimum atomic E-state index is -4.67. The molecule has 2 aromatic carbocycles. The lowest BCUT2D eigenvalue weighted by Crippen LogP contribution is -2.38. The van der Waals surface area contributed by atoms with Crippen molar-refractivity contribution < 1.29 is 35.9 Å². The molecule has 0 aliphatic rings. The number of benzene rings is 2.